The van der Waals surface area contributed by atoms with Gasteiger partial charge < -0.3 is 0 Å². The van der Waals surface area contributed by atoms with Crippen LogP contribution in [0.2, 0.25) is 5.02 Å². The average molecular weight is 326 g/mol. The molecule has 3 rings (SSSR count). The van der Waals surface area contributed by atoms with Gasteiger partial charge in [0.25, 0.3) is 0 Å². The van der Waals surface area contributed by atoms with Crippen molar-refractivity contribution in [3.63, 3.8) is 0 Å². The fourth-order valence-electron chi connectivity index (χ4n) is 2.07. The highest BCUT2D eigenvalue weighted by Gasteiger charge is 2.29. The highest BCUT2D eigenvalue weighted by molar-refractivity contribution is 9.10. The maximum Gasteiger partial charge on any atom is 0.120 e. The zero-order valence-corrected chi connectivity index (χ0v) is 11.7. The van der Waals surface area contributed by atoms with Crippen LogP contribution in [0, 0.1) is 0 Å². The van der Waals surface area contributed by atoms with E-state index >= 15 is 0 Å². The van der Waals surface area contributed by atoms with E-state index in [9.17, 15) is 0 Å². The average Bonchev–Trinajstić information content (AvgIpc) is 2.98. The molecule has 0 fully saturated rings. The van der Waals surface area contributed by atoms with E-state index in [0.717, 1.165) is 15.1 Å². The lowest BCUT2D eigenvalue weighted by molar-refractivity contribution is 0.434. The van der Waals surface area contributed by atoms with Crippen LogP contribution in [-0.4, -0.2) is 16.3 Å². The first-order valence-corrected chi connectivity index (χ1v) is 6.73. The van der Waals surface area contributed by atoms with E-state index in [0.29, 0.717) is 6.54 Å². The SMILES string of the molecule is Clc1ccc(C2N=NCC2n2cc(Br)cn2)cc1. The predicted octanol–water partition coefficient (Wildman–Crippen LogP) is 4.05. The molecule has 1 aliphatic rings. The molecule has 0 saturated heterocycles. The molecule has 4 nitrogen and oxygen atoms in total. The Kier molecular flexibility index (Phi) is 3.18. The van der Waals surface area contributed by atoms with Gasteiger partial charge in [0.15, 0.2) is 0 Å². The van der Waals surface area contributed by atoms with Gasteiger partial charge in [-0.15, -0.1) is 0 Å². The Morgan fingerprint density at radius 2 is 2.06 bits per heavy atom. The van der Waals surface area contributed by atoms with Crippen LogP contribution in [0.1, 0.15) is 17.6 Å². The van der Waals surface area contributed by atoms with Crippen LogP contribution in [0.15, 0.2) is 51.4 Å². The molecule has 2 unspecified atom stereocenters. The standard InChI is InChI=1S/C12H10BrClN4/c13-9-5-16-18(7-9)11-6-15-17-12(11)8-1-3-10(14)4-2-8/h1-5,7,11-12H,6H2. The van der Waals surface area contributed by atoms with Crippen LogP contribution in [0.3, 0.4) is 0 Å². The topological polar surface area (TPSA) is 42.5 Å². The Bertz CT molecular complexity index is 578. The normalized spacial score (nSPS) is 22.6. The molecule has 1 aliphatic heterocycles. The second-order valence-electron chi connectivity index (χ2n) is 4.14. The van der Waals surface area contributed by atoms with E-state index in [2.05, 4.69) is 31.3 Å². The zero-order valence-electron chi connectivity index (χ0n) is 9.37. The smallest absolute Gasteiger partial charge is 0.120 e. The molecule has 0 radical (unpaired) electrons. The molecule has 1 aromatic heterocycles. The first-order valence-electron chi connectivity index (χ1n) is 5.56. The van der Waals surface area contributed by atoms with Crippen molar-refractivity contribution in [3.05, 3.63) is 51.7 Å². The van der Waals surface area contributed by atoms with E-state index in [1.807, 2.05) is 35.1 Å². The van der Waals surface area contributed by atoms with Gasteiger partial charge >= 0.3 is 0 Å². The molecule has 0 N–H and O–H groups in total. The number of rotatable bonds is 2. The van der Waals surface area contributed by atoms with E-state index in [4.69, 9.17) is 11.6 Å². The van der Waals surface area contributed by atoms with Gasteiger partial charge in [0.2, 0.25) is 0 Å². The second kappa shape index (κ2) is 4.82. The molecule has 1 aromatic carbocycles. The summed E-state index contributed by atoms with van der Waals surface area (Å²) >= 11 is 9.30. The first kappa shape index (κ1) is 11.9. The predicted molar refractivity (Wildman–Crippen MR) is 72.9 cm³/mol. The summed E-state index contributed by atoms with van der Waals surface area (Å²) in [5.41, 5.74) is 1.11. The molecule has 92 valence electrons. The van der Waals surface area contributed by atoms with Gasteiger partial charge in [0.1, 0.15) is 12.1 Å². The van der Waals surface area contributed by atoms with Crippen LogP contribution in [0.4, 0.5) is 0 Å². The minimum absolute atomic E-state index is 0.00840. The number of aromatic nitrogens is 2. The monoisotopic (exact) mass is 324 g/mol. The molecule has 0 bridgehead atoms. The molecule has 6 heteroatoms. The van der Waals surface area contributed by atoms with Crippen LogP contribution in [0.5, 0.6) is 0 Å². The minimum Gasteiger partial charge on any atom is -0.264 e. The summed E-state index contributed by atoms with van der Waals surface area (Å²) in [5, 5.41) is 13.5. The summed E-state index contributed by atoms with van der Waals surface area (Å²) in [6, 6.07) is 7.87. The van der Waals surface area contributed by atoms with E-state index in [1.165, 1.54) is 0 Å². The van der Waals surface area contributed by atoms with E-state index < -0.39 is 0 Å². The number of benzene rings is 1. The van der Waals surface area contributed by atoms with Gasteiger partial charge in [-0.05, 0) is 33.6 Å². The first-order chi connectivity index (χ1) is 8.74. The molecular weight excluding hydrogens is 316 g/mol. The summed E-state index contributed by atoms with van der Waals surface area (Å²) in [5.74, 6) is 0. The number of nitrogens with zero attached hydrogens (tertiary/aromatic N) is 4. The van der Waals surface area contributed by atoms with Crippen molar-refractivity contribution in [2.75, 3.05) is 6.54 Å². The fourth-order valence-corrected chi connectivity index (χ4v) is 2.50. The van der Waals surface area contributed by atoms with Crippen molar-refractivity contribution < 1.29 is 0 Å². The van der Waals surface area contributed by atoms with E-state index in [-0.39, 0.29) is 12.1 Å². The van der Waals surface area contributed by atoms with Gasteiger partial charge in [-0.3, -0.25) is 4.68 Å². The molecule has 2 aromatic rings. The molecular formula is C12H10BrClN4. The second-order valence-corrected chi connectivity index (χ2v) is 5.49. The zero-order chi connectivity index (χ0) is 12.5. The maximum absolute atomic E-state index is 5.90. The lowest BCUT2D eigenvalue weighted by atomic mass is 10.0. The van der Waals surface area contributed by atoms with Crippen molar-refractivity contribution in [1.82, 2.24) is 9.78 Å². The van der Waals surface area contributed by atoms with Gasteiger partial charge in [-0.2, -0.15) is 15.3 Å². The van der Waals surface area contributed by atoms with Gasteiger partial charge in [0.05, 0.1) is 17.2 Å². The minimum atomic E-state index is 0.00840. The number of halogens is 2. The molecule has 2 heterocycles. The quantitative estimate of drug-likeness (QED) is 0.821. The van der Waals surface area contributed by atoms with Gasteiger partial charge in [-0.25, -0.2) is 0 Å². The van der Waals surface area contributed by atoms with Crippen LogP contribution in [0.25, 0.3) is 0 Å². The molecule has 0 amide bonds. The summed E-state index contributed by atoms with van der Waals surface area (Å²) in [4.78, 5) is 0. The largest absolute Gasteiger partial charge is 0.264 e. The number of hydrogen-bond donors (Lipinski definition) is 0. The molecule has 0 spiro atoms. The van der Waals surface area contributed by atoms with Gasteiger partial charge in [0, 0.05) is 11.2 Å². The molecule has 0 saturated carbocycles. The Labute approximate surface area is 118 Å². The molecule has 2 atom stereocenters. The highest BCUT2D eigenvalue weighted by atomic mass is 79.9. The third-order valence-corrected chi connectivity index (χ3v) is 3.62. The summed E-state index contributed by atoms with van der Waals surface area (Å²) in [7, 11) is 0. The molecule has 18 heavy (non-hydrogen) atoms. The van der Waals surface area contributed by atoms with Crippen molar-refractivity contribution in [2.45, 2.75) is 12.1 Å². The van der Waals surface area contributed by atoms with Crippen LogP contribution < -0.4 is 0 Å². The van der Waals surface area contributed by atoms with Crippen molar-refractivity contribution >= 4 is 27.5 Å². The van der Waals surface area contributed by atoms with E-state index in [1.54, 1.807) is 6.20 Å². The summed E-state index contributed by atoms with van der Waals surface area (Å²) < 4.78 is 2.87. The Balaban J connectivity index is 1.91. The summed E-state index contributed by atoms with van der Waals surface area (Å²) in [6.07, 6.45) is 3.72. The Morgan fingerprint density at radius 3 is 2.72 bits per heavy atom. The molecule has 0 aliphatic carbocycles. The van der Waals surface area contributed by atoms with Crippen molar-refractivity contribution in [1.29, 1.82) is 0 Å². The van der Waals surface area contributed by atoms with Crippen LogP contribution >= 0.6 is 27.5 Å². The Hall–Kier alpha value is -1.20. The number of hydrogen-bond acceptors (Lipinski definition) is 3. The fraction of sp³-hybridized carbons (Fsp3) is 0.250. The third kappa shape index (κ3) is 2.20. The van der Waals surface area contributed by atoms with Crippen LogP contribution in [-0.2, 0) is 0 Å². The number of azo groups is 1. The third-order valence-electron chi connectivity index (χ3n) is 2.96. The lowest BCUT2D eigenvalue weighted by Crippen LogP contribution is -2.16. The summed E-state index contributed by atoms with van der Waals surface area (Å²) in [6.45, 7) is 0.654. The van der Waals surface area contributed by atoms with Crippen molar-refractivity contribution in [3.8, 4) is 0 Å². The van der Waals surface area contributed by atoms with Gasteiger partial charge in [-0.1, -0.05) is 23.7 Å². The maximum atomic E-state index is 5.90. The lowest BCUT2D eigenvalue weighted by Gasteiger charge is -2.17. The van der Waals surface area contributed by atoms with Crippen molar-refractivity contribution in [2.24, 2.45) is 10.2 Å². The highest BCUT2D eigenvalue weighted by Crippen LogP contribution is 2.35. The Morgan fingerprint density at radius 1 is 1.28 bits per heavy atom.